The van der Waals surface area contributed by atoms with Crippen LogP contribution in [0, 0.1) is 0 Å². The molecule has 0 aromatic heterocycles. The highest BCUT2D eigenvalue weighted by atomic mass is 16.6. The van der Waals surface area contributed by atoms with Gasteiger partial charge >= 0.3 is 11.9 Å². The fourth-order valence-corrected chi connectivity index (χ4v) is 0.691. The smallest absolute Gasteiger partial charge is 0.304 e. The van der Waals surface area contributed by atoms with Crippen molar-refractivity contribution < 1.29 is 19.1 Å². The molecule has 0 aliphatic rings. The van der Waals surface area contributed by atoms with E-state index in [4.69, 9.17) is 4.74 Å². The minimum atomic E-state index is -1.02. The Balaban J connectivity index is 3.95. The number of nitrogens with zero attached hydrogens (tertiary/aromatic N) is 2. The Morgan fingerprint density at radius 2 is 1.79 bits per heavy atom. The van der Waals surface area contributed by atoms with Crippen LogP contribution in [-0.4, -0.2) is 24.4 Å². The third kappa shape index (κ3) is 7.20. The molecular weight excluding hydrogens is 188 g/mol. The van der Waals surface area contributed by atoms with Gasteiger partial charge in [-0.25, -0.2) is 0 Å². The molecule has 6 nitrogen and oxygen atoms in total. The number of hydrogen-bond donors (Lipinski definition) is 0. The molecule has 0 spiro atoms. The van der Waals surface area contributed by atoms with Gasteiger partial charge in [0.05, 0.1) is 0 Å². The minimum absolute atomic E-state index is 0.167. The topological polar surface area (TPSA) is 77.3 Å². The normalized spacial score (nSPS) is 11.4. The molecule has 0 saturated heterocycles. The van der Waals surface area contributed by atoms with Gasteiger partial charge in [0.1, 0.15) is 0 Å². The summed E-state index contributed by atoms with van der Waals surface area (Å²) in [6.45, 7) is 5.54. The Morgan fingerprint density at radius 1 is 1.21 bits per heavy atom. The van der Waals surface area contributed by atoms with E-state index in [-0.39, 0.29) is 6.73 Å². The lowest BCUT2D eigenvalue weighted by molar-refractivity contribution is -0.154. The number of ether oxygens (including phenoxy) is 2. The van der Waals surface area contributed by atoms with Crippen molar-refractivity contribution in [2.45, 2.75) is 33.4 Å². The Hall–Kier alpha value is -1.46. The molecule has 0 bridgehead atoms. The van der Waals surface area contributed by atoms with Gasteiger partial charge in [-0.2, -0.15) is 0 Å². The summed E-state index contributed by atoms with van der Waals surface area (Å²) in [5, 5.41) is 7.21. The van der Waals surface area contributed by atoms with E-state index < -0.39 is 17.7 Å². The second-order valence-corrected chi connectivity index (χ2v) is 3.05. The molecule has 0 heterocycles. The van der Waals surface area contributed by atoms with Gasteiger partial charge in [-0.3, -0.25) is 9.59 Å². The molecule has 0 N–H and O–H groups in total. The zero-order chi connectivity index (χ0) is 11.2. The number of esters is 2. The highest BCUT2D eigenvalue weighted by Crippen LogP contribution is 2.11. The van der Waals surface area contributed by atoms with Crippen LogP contribution in [0.1, 0.15) is 27.7 Å². The lowest BCUT2D eigenvalue weighted by Crippen LogP contribution is -2.23. The van der Waals surface area contributed by atoms with Crippen LogP contribution in [0.3, 0.4) is 0 Å². The molecule has 0 aliphatic carbocycles. The number of rotatable bonds is 4. The van der Waals surface area contributed by atoms with Gasteiger partial charge in [-0.05, 0) is 13.8 Å². The average molecular weight is 202 g/mol. The summed E-state index contributed by atoms with van der Waals surface area (Å²) < 4.78 is 9.31. The van der Waals surface area contributed by atoms with E-state index in [1.165, 1.54) is 13.8 Å². The fourth-order valence-electron chi connectivity index (χ4n) is 0.691. The molecule has 0 radical (unpaired) electrons. The molecule has 0 rings (SSSR count). The van der Waals surface area contributed by atoms with Crippen molar-refractivity contribution >= 4 is 11.9 Å². The maximum atomic E-state index is 10.6. The summed E-state index contributed by atoms with van der Waals surface area (Å²) in [4.78, 5) is 20.9. The summed E-state index contributed by atoms with van der Waals surface area (Å²) in [6, 6.07) is 0. The molecule has 80 valence electrons. The second kappa shape index (κ2) is 5.31. The van der Waals surface area contributed by atoms with Crippen LogP contribution in [0.5, 0.6) is 0 Å². The summed E-state index contributed by atoms with van der Waals surface area (Å²) in [7, 11) is 0. The van der Waals surface area contributed by atoms with E-state index in [1.807, 2.05) is 0 Å². The molecule has 14 heavy (non-hydrogen) atoms. The first kappa shape index (κ1) is 12.5. The largest absolute Gasteiger partial charge is 0.441 e. The summed E-state index contributed by atoms with van der Waals surface area (Å²) in [5.74, 6) is -0.879. The maximum Gasteiger partial charge on any atom is 0.304 e. The Bertz CT molecular complexity index is 248. The zero-order valence-electron chi connectivity index (χ0n) is 8.73. The van der Waals surface area contributed by atoms with Gasteiger partial charge in [-0.1, -0.05) is 0 Å². The lowest BCUT2D eigenvalue weighted by Gasteiger charge is -2.17. The molecule has 0 saturated carbocycles. The van der Waals surface area contributed by atoms with E-state index in [9.17, 15) is 9.59 Å². The van der Waals surface area contributed by atoms with Gasteiger partial charge < -0.3 is 9.47 Å². The molecule has 0 amide bonds. The number of hydrogen-bond acceptors (Lipinski definition) is 6. The first-order valence-corrected chi connectivity index (χ1v) is 4.05. The number of carbonyl (C=O) groups is 2. The first-order chi connectivity index (χ1) is 6.33. The van der Waals surface area contributed by atoms with Crippen molar-refractivity contribution in [2.24, 2.45) is 10.2 Å². The predicted molar refractivity (Wildman–Crippen MR) is 47.3 cm³/mol. The van der Waals surface area contributed by atoms with Crippen molar-refractivity contribution in [3.8, 4) is 0 Å². The molecule has 0 atom stereocenters. The predicted octanol–water partition coefficient (Wildman–Crippen LogP) is 1.26. The summed E-state index contributed by atoms with van der Waals surface area (Å²) in [5.41, 5.74) is -1.02. The maximum absolute atomic E-state index is 10.6. The van der Waals surface area contributed by atoms with Crippen molar-refractivity contribution in [2.75, 3.05) is 6.73 Å². The van der Waals surface area contributed by atoms with Crippen molar-refractivity contribution in [3.63, 3.8) is 0 Å². The van der Waals surface area contributed by atoms with Gasteiger partial charge in [0.15, 0.2) is 0 Å². The van der Waals surface area contributed by atoms with E-state index in [0.29, 0.717) is 0 Å². The van der Waals surface area contributed by atoms with Gasteiger partial charge in [0.25, 0.3) is 0 Å². The molecule has 6 heteroatoms. The highest BCUT2D eigenvalue weighted by molar-refractivity contribution is 5.66. The fraction of sp³-hybridized carbons (Fsp3) is 0.750. The van der Waals surface area contributed by atoms with Gasteiger partial charge in [-0.15, -0.1) is 10.2 Å². The molecule has 0 unspecified atom stereocenters. The summed E-state index contributed by atoms with van der Waals surface area (Å²) in [6.07, 6.45) is 0. The van der Waals surface area contributed by atoms with Crippen LogP contribution in [0.2, 0.25) is 0 Å². The third-order valence-electron chi connectivity index (χ3n) is 1.03. The van der Waals surface area contributed by atoms with Crippen LogP contribution < -0.4 is 0 Å². The molecule has 0 aliphatic heterocycles. The molecule has 0 aromatic carbocycles. The number of carbonyl (C=O) groups excluding carboxylic acids is 2. The van der Waals surface area contributed by atoms with Crippen molar-refractivity contribution in [3.05, 3.63) is 0 Å². The highest BCUT2D eigenvalue weighted by Gasteiger charge is 2.19. The lowest BCUT2D eigenvalue weighted by atomic mass is 10.3. The van der Waals surface area contributed by atoms with Crippen LogP contribution in [-0.2, 0) is 19.1 Å². The third-order valence-corrected chi connectivity index (χ3v) is 1.03. The van der Waals surface area contributed by atoms with E-state index >= 15 is 0 Å². The zero-order valence-corrected chi connectivity index (χ0v) is 8.73. The first-order valence-electron chi connectivity index (χ1n) is 4.05. The number of azo groups is 1. The quantitative estimate of drug-likeness (QED) is 0.507. The standard InChI is InChI=1S/C8H14N2O4/c1-6(11)13-5-9-10-8(3,4)14-7(2)12/h5H2,1-4H3/b10-9+. The van der Waals surface area contributed by atoms with Crippen molar-refractivity contribution in [1.82, 2.24) is 0 Å². The molecular formula is C8H14N2O4. The molecule has 0 fully saturated rings. The Morgan fingerprint density at radius 3 is 2.21 bits per heavy atom. The minimum Gasteiger partial charge on any atom is -0.441 e. The van der Waals surface area contributed by atoms with Crippen LogP contribution in [0.15, 0.2) is 10.2 Å². The summed E-state index contributed by atoms with van der Waals surface area (Å²) >= 11 is 0. The van der Waals surface area contributed by atoms with Gasteiger partial charge in [0, 0.05) is 13.8 Å². The van der Waals surface area contributed by atoms with Crippen molar-refractivity contribution in [1.29, 1.82) is 0 Å². The van der Waals surface area contributed by atoms with Crippen LogP contribution in [0.25, 0.3) is 0 Å². The van der Waals surface area contributed by atoms with E-state index in [2.05, 4.69) is 15.0 Å². The Labute approximate surface area is 82.3 Å². The van der Waals surface area contributed by atoms with E-state index in [1.54, 1.807) is 13.8 Å². The average Bonchev–Trinajstić information content (AvgIpc) is 1.95. The monoisotopic (exact) mass is 202 g/mol. The van der Waals surface area contributed by atoms with Gasteiger partial charge in [0.2, 0.25) is 12.5 Å². The SMILES string of the molecule is CC(=O)OC/N=N/C(C)(C)OC(C)=O. The Kier molecular flexibility index (Phi) is 4.76. The second-order valence-electron chi connectivity index (χ2n) is 3.05. The van der Waals surface area contributed by atoms with Crippen LogP contribution >= 0.6 is 0 Å². The van der Waals surface area contributed by atoms with Crippen LogP contribution in [0.4, 0.5) is 0 Å². The van der Waals surface area contributed by atoms with E-state index in [0.717, 1.165) is 0 Å². The molecule has 0 aromatic rings.